The number of carbonyl (C=O) groups is 1. The molecule has 1 amide bonds. The monoisotopic (exact) mass is 371 g/mol. The normalized spacial score (nSPS) is 21.0. The Labute approximate surface area is 156 Å². The lowest BCUT2D eigenvalue weighted by atomic mass is 10.0. The molecule has 0 aliphatic carbocycles. The van der Waals surface area contributed by atoms with Crippen molar-refractivity contribution in [3.63, 3.8) is 0 Å². The number of ether oxygens (including phenoxy) is 1. The summed E-state index contributed by atoms with van der Waals surface area (Å²) < 4.78 is 5.36. The second-order valence-corrected chi connectivity index (χ2v) is 7.41. The number of hydrazone groups is 1. The minimum Gasteiger partial charge on any atom is -0.508 e. The van der Waals surface area contributed by atoms with Gasteiger partial charge in [0.2, 0.25) is 0 Å². The van der Waals surface area contributed by atoms with E-state index >= 15 is 0 Å². The maximum Gasteiger partial charge on any atom is 0.257 e. The molecule has 1 N–H and O–H groups in total. The summed E-state index contributed by atoms with van der Waals surface area (Å²) in [5.41, 5.74) is 1.82. The first-order valence-electron chi connectivity index (χ1n) is 8.73. The van der Waals surface area contributed by atoms with Crippen LogP contribution in [-0.4, -0.2) is 59.5 Å². The van der Waals surface area contributed by atoms with Crippen molar-refractivity contribution in [3.8, 4) is 5.75 Å². The maximum absolute atomic E-state index is 13.0. The largest absolute Gasteiger partial charge is 0.508 e. The summed E-state index contributed by atoms with van der Waals surface area (Å²) in [6.45, 7) is 3.18. The summed E-state index contributed by atoms with van der Waals surface area (Å²) in [6, 6.07) is 10.9. The SMILES string of the molecule is O=C(CN1CCOCC1)N1N=C(c2cccs2)C[C@H]1c1cccc(O)c1. The van der Waals surface area contributed by atoms with Crippen LogP contribution in [0.1, 0.15) is 22.9 Å². The predicted molar refractivity (Wildman–Crippen MR) is 100 cm³/mol. The van der Waals surface area contributed by atoms with Gasteiger partial charge < -0.3 is 9.84 Å². The zero-order chi connectivity index (χ0) is 17.9. The summed E-state index contributed by atoms with van der Waals surface area (Å²) >= 11 is 1.62. The van der Waals surface area contributed by atoms with Gasteiger partial charge in [-0.2, -0.15) is 5.10 Å². The molecule has 1 fully saturated rings. The van der Waals surface area contributed by atoms with Gasteiger partial charge in [0.25, 0.3) is 5.91 Å². The van der Waals surface area contributed by atoms with E-state index in [4.69, 9.17) is 4.74 Å². The van der Waals surface area contributed by atoms with E-state index in [0.29, 0.717) is 26.2 Å². The molecule has 7 heteroatoms. The number of aromatic hydroxyl groups is 1. The summed E-state index contributed by atoms with van der Waals surface area (Å²) in [7, 11) is 0. The second-order valence-electron chi connectivity index (χ2n) is 6.47. The van der Waals surface area contributed by atoms with Gasteiger partial charge in [-0.1, -0.05) is 18.2 Å². The molecule has 2 aliphatic heterocycles. The first kappa shape index (κ1) is 17.2. The van der Waals surface area contributed by atoms with E-state index in [-0.39, 0.29) is 17.7 Å². The molecule has 0 spiro atoms. The summed E-state index contributed by atoms with van der Waals surface area (Å²) in [6.07, 6.45) is 0.652. The molecule has 1 aromatic heterocycles. The van der Waals surface area contributed by atoms with Crippen LogP contribution in [0.2, 0.25) is 0 Å². The van der Waals surface area contributed by atoms with E-state index in [2.05, 4.69) is 10.0 Å². The van der Waals surface area contributed by atoms with E-state index in [1.807, 2.05) is 23.6 Å². The molecule has 26 heavy (non-hydrogen) atoms. The molecule has 136 valence electrons. The van der Waals surface area contributed by atoms with Crippen LogP contribution in [0.4, 0.5) is 0 Å². The molecule has 3 heterocycles. The molecule has 2 aliphatic rings. The maximum atomic E-state index is 13.0. The Bertz CT molecular complexity index is 800. The first-order valence-corrected chi connectivity index (χ1v) is 9.61. The van der Waals surface area contributed by atoms with Gasteiger partial charge in [0.1, 0.15) is 5.75 Å². The van der Waals surface area contributed by atoms with Crippen molar-refractivity contribution in [2.75, 3.05) is 32.8 Å². The van der Waals surface area contributed by atoms with E-state index < -0.39 is 0 Å². The molecule has 4 rings (SSSR count). The fourth-order valence-electron chi connectivity index (χ4n) is 3.35. The number of amides is 1. The van der Waals surface area contributed by atoms with Crippen molar-refractivity contribution < 1.29 is 14.6 Å². The standard InChI is InChI=1S/C19H21N3O3S/c23-15-4-1-3-14(11-15)17-12-16(18-5-2-10-26-18)20-22(17)19(24)13-21-6-8-25-9-7-21/h1-5,10-11,17,23H,6-9,12-13H2/t17-/m0/s1. The van der Waals surface area contributed by atoms with Crippen LogP contribution in [0.15, 0.2) is 46.9 Å². The number of phenolic OH excluding ortho intramolecular Hbond substituents is 1. The Morgan fingerprint density at radius 2 is 2.12 bits per heavy atom. The minimum absolute atomic E-state index is 0.0215. The van der Waals surface area contributed by atoms with Gasteiger partial charge in [-0.05, 0) is 29.1 Å². The molecule has 0 unspecified atom stereocenters. The molecule has 2 aromatic rings. The number of nitrogens with zero attached hydrogens (tertiary/aromatic N) is 3. The smallest absolute Gasteiger partial charge is 0.257 e. The lowest BCUT2D eigenvalue weighted by Gasteiger charge is -2.29. The van der Waals surface area contributed by atoms with E-state index in [0.717, 1.165) is 29.2 Å². The molecule has 0 saturated carbocycles. The van der Waals surface area contributed by atoms with Crippen molar-refractivity contribution in [1.29, 1.82) is 0 Å². The van der Waals surface area contributed by atoms with Crippen LogP contribution < -0.4 is 0 Å². The minimum atomic E-state index is -0.187. The number of phenols is 1. The van der Waals surface area contributed by atoms with E-state index in [1.165, 1.54) is 0 Å². The Morgan fingerprint density at radius 3 is 2.85 bits per heavy atom. The summed E-state index contributed by atoms with van der Waals surface area (Å²) in [4.78, 5) is 16.2. The zero-order valence-electron chi connectivity index (χ0n) is 14.4. The van der Waals surface area contributed by atoms with Crippen molar-refractivity contribution in [2.45, 2.75) is 12.5 Å². The average molecular weight is 371 g/mol. The number of morpholine rings is 1. The fraction of sp³-hybridized carbons (Fsp3) is 0.368. The molecule has 0 radical (unpaired) electrons. The van der Waals surface area contributed by atoms with Gasteiger partial charge in [0.05, 0.1) is 36.4 Å². The summed E-state index contributed by atoms with van der Waals surface area (Å²) in [5, 5.41) is 18.1. The van der Waals surface area contributed by atoms with Gasteiger partial charge in [-0.3, -0.25) is 9.69 Å². The third-order valence-corrected chi connectivity index (χ3v) is 5.61. The number of hydrogen-bond acceptors (Lipinski definition) is 6. The molecule has 0 bridgehead atoms. The number of rotatable bonds is 4. The highest BCUT2D eigenvalue weighted by Crippen LogP contribution is 2.35. The van der Waals surface area contributed by atoms with Crippen LogP contribution in [0, 0.1) is 0 Å². The molecule has 1 aromatic carbocycles. The molecule has 6 nitrogen and oxygen atoms in total. The Morgan fingerprint density at radius 1 is 1.27 bits per heavy atom. The van der Waals surface area contributed by atoms with Gasteiger partial charge in [0, 0.05) is 19.5 Å². The predicted octanol–water partition coefficient (Wildman–Crippen LogP) is 2.46. The van der Waals surface area contributed by atoms with Crippen LogP contribution >= 0.6 is 11.3 Å². The summed E-state index contributed by atoms with van der Waals surface area (Å²) in [5.74, 6) is 0.180. The van der Waals surface area contributed by atoms with Crippen LogP contribution in [0.25, 0.3) is 0 Å². The van der Waals surface area contributed by atoms with E-state index in [1.54, 1.807) is 34.5 Å². The van der Waals surface area contributed by atoms with Crippen LogP contribution in [-0.2, 0) is 9.53 Å². The molecule has 1 atom stereocenters. The van der Waals surface area contributed by atoms with E-state index in [9.17, 15) is 9.90 Å². The molecular weight excluding hydrogens is 350 g/mol. The highest BCUT2D eigenvalue weighted by atomic mass is 32.1. The number of benzene rings is 1. The van der Waals surface area contributed by atoms with Crippen molar-refractivity contribution >= 4 is 23.0 Å². The van der Waals surface area contributed by atoms with Gasteiger partial charge in [-0.25, -0.2) is 5.01 Å². The Kier molecular flexibility index (Phi) is 5.01. The number of hydrogen-bond donors (Lipinski definition) is 1. The first-order chi connectivity index (χ1) is 12.7. The number of carbonyl (C=O) groups excluding carboxylic acids is 1. The lowest BCUT2D eigenvalue weighted by Crippen LogP contribution is -2.43. The van der Waals surface area contributed by atoms with Gasteiger partial charge in [-0.15, -0.1) is 11.3 Å². The van der Waals surface area contributed by atoms with Gasteiger partial charge >= 0.3 is 0 Å². The zero-order valence-corrected chi connectivity index (χ0v) is 15.2. The molecule has 1 saturated heterocycles. The third-order valence-electron chi connectivity index (χ3n) is 4.69. The highest BCUT2D eigenvalue weighted by molar-refractivity contribution is 7.12. The lowest BCUT2D eigenvalue weighted by molar-refractivity contribution is -0.135. The molecular formula is C19H21N3O3S. The Balaban J connectivity index is 1.58. The second kappa shape index (κ2) is 7.57. The third kappa shape index (κ3) is 3.65. The number of thiophene rings is 1. The highest BCUT2D eigenvalue weighted by Gasteiger charge is 2.34. The topological polar surface area (TPSA) is 65.4 Å². The van der Waals surface area contributed by atoms with Crippen LogP contribution in [0.3, 0.4) is 0 Å². The van der Waals surface area contributed by atoms with Crippen molar-refractivity contribution in [1.82, 2.24) is 9.91 Å². The Hall–Kier alpha value is -2.22. The van der Waals surface area contributed by atoms with Crippen molar-refractivity contribution in [2.24, 2.45) is 5.10 Å². The van der Waals surface area contributed by atoms with Gasteiger partial charge in [0.15, 0.2) is 0 Å². The average Bonchev–Trinajstić information content (AvgIpc) is 3.32. The van der Waals surface area contributed by atoms with Crippen LogP contribution in [0.5, 0.6) is 5.75 Å². The fourth-order valence-corrected chi connectivity index (χ4v) is 4.07. The van der Waals surface area contributed by atoms with Crippen molar-refractivity contribution in [3.05, 3.63) is 52.2 Å². The quantitative estimate of drug-likeness (QED) is 0.897.